The number of carbonyl (C=O) groups excluding carboxylic acids is 2. The number of ether oxygens (including phenoxy) is 1. The number of esters is 2. The molecule has 0 bridgehead atoms. The minimum absolute atomic E-state index is 0.217. The normalized spacial score (nSPS) is 11.0. The van der Waals surface area contributed by atoms with Crippen LogP contribution in [0.4, 0.5) is 0 Å². The minimum atomic E-state index is -0.760. The van der Waals surface area contributed by atoms with Crippen LogP contribution in [0.3, 0.4) is 0 Å². The Hall–Kier alpha value is -2.78. The third-order valence-electron chi connectivity index (χ3n) is 4.11. The SMILES string of the molecule is O=C(OC(=O)c1ccc2nc(CBr)cnc2c1)c1ccc2nc(CBr)cnc2c1. The van der Waals surface area contributed by atoms with Crippen molar-refractivity contribution in [2.75, 3.05) is 0 Å². The highest BCUT2D eigenvalue weighted by molar-refractivity contribution is 9.08. The third-order valence-corrected chi connectivity index (χ3v) is 5.26. The zero-order valence-electron chi connectivity index (χ0n) is 14.8. The maximum Gasteiger partial charge on any atom is 0.346 e. The maximum absolute atomic E-state index is 12.4. The van der Waals surface area contributed by atoms with Crippen molar-refractivity contribution >= 4 is 65.9 Å². The first kappa shape index (κ1) is 19.5. The predicted octanol–water partition coefficient (Wildman–Crippen LogP) is 4.36. The van der Waals surface area contributed by atoms with E-state index in [4.69, 9.17) is 4.74 Å². The van der Waals surface area contributed by atoms with Crippen molar-refractivity contribution in [1.82, 2.24) is 19.9 Å². The van der Waals surface area contributed by atoms with Gasteiger partial charge in [0, 0.05) is 23.1 Å². The molecule has 0 aliphatic carbocycles. The van der Waals surface area contributed by atoms with Crippen molar-refractivity contribution in [2.24, 2.45) is 0 Å². The highest BCUT2D eigenvalue weighted by atomic mass is 79.9. The van der Waals surface area contributed by atoms with Gasteiger partial charge >= 0.3 is 11.9 Å². The van der Waals surface area contributed by atoms with E-state index >= 15 is 0 Å². The second-order valence-corrected chi connectivity index (χ2v) is 7.20. The molecule has 144 valence electrons. The number of benzene rings is 2. The highest BCUT2D eigenvalue weighted by Crippen LogP contribution is 2.17. The van der Waals surface area contributed by atoms with Crippen molar-refractivity contribution < 1.29 is 14.3 Å². The first-order chi connectivity index (χ1) is 14.1. The molecule has 0 spiro atoms. The lowest BCUT2D eigenvalue weighted by atomic mass is 10.1. The van der Waals surface area contributed by atoms with Gasteiger partial charge < -0.3 is 4.74 Å². The molecule has 0 atom stereocenters. The maximum atomic E-state index is 12.4. The molecule has 29 heavy (non-hydrogen) atoms. The summed E-state index contributed by atoms with van der Waals surface area (Å²) in [4.78, 5) is 42.2. The number of alkyl halides is 2. The molecular formula is C20H12Br2N4O3. The van der Waals surface area contributed by atoms with E-state index in [0.29, 0.717) is 32.7 Å². The largest absolute Gasteiger partial charge is 0.386 e. The fraction of sp³-hybridized carbons (Fsp3) is 0.100. The van der Waals surface area contributed by atoms with E-state index in [-0.39, 0.29) is 11.1 Å². The fourth-order valence-electron chi connectivity index (χ4n) is 2.68. The van der Waals surface area contributed by atoms with Gasteiger partial charge in [0.15, 0.2) is 0 Å². The summed E-state index contributed by atoms with van der Waals surface area (Å²) in [6.07, 6.45) is 3.24. The van der Waals surface area contributed by atoms with Crippen LogP contribution in [0.5, 0.6) is 0 Å². The minimum Gasteiger partial charge on any atom is -0.386 e. The number of aromatic nitrogens is 4. The number of hydrogen-bond acceptors (Lipinski definition) is 7. The van der Waals surface area contributed by atoms with Crippen LogP contribution < -0.4 is 0 Å². The number of halogens is 2. The quantitative estimate of drug-likeness (QED) is 0.226. The lowest BCUT2D eigenvalue weighted by molar-refractivity contribution is 0.0398. The van der Waals surface area contributed by atoms with E-state index in [1.165, 1.54) is 0 Å². The molecule has 0 N–H and O–H groups in total. The Bertz CT molecular complexity index is 1170. The van der Waals surface area contributed by atoms with Crippen LogP contribution in [0, 0.1) is 0 Å². The van der Waals surface area contributed by atoms with Crippen molar-refractivity contribution in [3.05, 3.63) is 71.3 Å². The zero-order chi connectivity index (χ0) is 20.4. The Morgan fingerprint density at radius 2 is 1.17 bits per heavy atom. The van der Waals surface area contributed by atoms with Gasteiger partial charge in [0.1, 0.15) is 0 Å². The predicted molar refractivity (Wildman–Crippen MR) is 114 cm³/mol. The van der Waals surface area contributed by atoms with Gasteiger partial charge in [0.25, 0.3) is 0 Å². The average molecular weight is 516 g/mol. The number of nitrogens with zero attached hydrogens (tertiary/aromatic N) is 4. The molecule has 0 amide bonds. The lowest BCUT2D eigenvalue weighted by Crippen LogP contribution is -2.13. The molecule has 0 unspecified atom stereocenters. The zero-order valence-corrected chi connectivity index (χ0v) is 18.0. The Labute approximate surface area is 181 Å². The average Bonchev–Trinajstić information content (AvgIpc) is 2.77. The van der Waals surface area contributed by atoms with Crippen LogP contribution in [0.25, 0.3) is 22.1 Å². The highest BCUT2D eigenvalue weighted by Gasteiger charge is 2.17. The van der Waals surface area contributed by atoms with Gasteiger partial charge in [-0.25, -0.2) is 19.6 Å². The molecular weight excluding hydrogens is 504 g/mol. The van der Waals surface area contributed by atoms with Crippen molar-refractivity contribution in [3.8, 4) is 0 Å². The Morgan fingerprint density at radius 3 is 1.59 bits per heavy atom. The van der Waals surface area contributed by atoms with Gasteiger partial charge in [0.2, 0.25) is 0 Å². The molecule has 0 saturated carbocycles. The first-order valence-electron chi connectivity index (χ1n) is 8.47. The Kier molecular flexibility index (Phi) is 5.59. The summed E-state index contributed by atoms with van der Waals surface area (Å²) in [6, 6.07) is 9.54. The van der Waals surface area contributed by atoms with Gasteiger partial charge in [-0.05, 0) is 36.4 Å². The van der Waals surface area contributed by atoms with Crippen LogP contribution in [-0.4, -0.2) is 31.9 Å². The van der Waals surface area contributed by atoms with Gasteiger partial charge in [-0.2, -0.15) is 0 Å². The summed E-state index contributed by atoms with van der Waals surface area (Å²) in [5.74, 6) is -1.52. The molecule has 0 saturated heterocycles. The molecule has 0 aliphatic rings. The van der Waals surface area contributed by atoms with E-state index < -0.39 is 11.9 Å². The molecule has 2 aromatic carbocycles. The van der Waals surface area contributed by atoms with Gasteiger partial charge in [-0.1, -0.05) is 31.9 Å². The second kappa shape index (κ2) is 8.30. The first-order valence-corrected chi connectivity index (χ1v) is 10.7. The van der Waals surface area contributed by atoms with Gasteiger partial charge in [-0.15, -0.1) is 0 Å². The summed E-state index contributed by atoms with van der Waals surface area (Å²) in [7, 11) is 0. The summed E-state index contributed by atoms with van der Waals surface area (Å²) in [6.45, 7) is 0. The van der Waals surface area contributed by atoms with Crippen molar-refractivity contribution in [2.45, 2.75) is 10.7 Å². The van der Waals surface area contributed by atoms with Crippen molar-refractivity contribution in [1.29, 1.82) is 0 Å². The Balaban J connectivity index is 1.55. The Morgan fingerprint density at radius 1 is 0.724 bits per heavy atom. The van der Waals surface area contributed by atoms with E-state index in [9.17, 15) is 9.59 Å². The topological polar surface area (TPSA) is 94.9 Å². The fourth-order valence-corrected chi connectivity index (χ4v) is 3.22. The molecule has 0 aliphatic heterocycles. The summed E-state index contributed by atoms with van der Waals surface area (Å²) < 4.78 is 5.02. The van der Waals surface area contributed by atoms with E-state index in [1.54, 1.807) is 48.8 Å². The number of fused-ring (bicyclic) bond motifs is 2. The number of hydrogen-bond donors (Lipinski definition) is 0. The van der Waals surface area contributed by atoms with Crippen LogP contribution in [0.2, 0.25) is 0 Å². The summed E-state index contributed by atoms with van der Waals surface area (Å²) in [5.41, 5.74) is 4.39. The molecule has 9 heteroatoms. The monoisotopic (exact) mass is 514 g/mol. The van der Waals surface area contributed by atoms with Crippen molar-refractivity contribution in [3.63, 3.8) is 0 Å². The van der Waals surface area contributed by atoms with Crippen LogP contribution in [-0.2, 0) is 15.4 Å². The van der Waals surface area contributed by atoms with E-state index in [0.717, 1.165) is 11.4 Å². The standard InChI is InChI=1S/C20H12Br2N4O3/c21-7-13-9-23-17-5-11(1-3-15(17)25-13)19(27)29-20(28)12-2-4-16-18(6-12)24-10-14(8-22)26-16/h1-6,9-10H,7-8H2. The number of rotatable bonds is 4. The van der Waals surface area contributed by atoms with Crippen LogP contribution >= 0.6 is 31.9 Å². The van der Waals surface area contributed by atoms with Crippen LogP contribution in [0.15, 0.2) is 48.8 Å². The third kappa shape index (κ3) is 4.15. The summed E-state index contributed by atoms with van der Waals surface area (Å²) in [5, 5.41) is 1.17. The molecule has 2 heterocycles. The second-order valence-electron chi connectivity index (χ2n) is 6.07. The molecule has 7 nitrogen and oxygen atoms in total. The summed E-state index contributed by atoms with van der Waals surface area (Å²) >= 11 is 6.66. The van der Waals surface area contributed by atoms with Gasteiger partial charge in [0.05, 0.1) is 44.6 Å². The van der Waals surface area contributed by atoms with E-state index in [2.05, 4.69) is 51.8 Å². The van der Waals surface area contributed by atoms with E-state index in [1.807, 2.05) is 0 Å². The number of carbonyl (C=O) groups is 2. The lowest BCUT2D eigenvalue weighted by Gasteiger charge is -2.06. The molecule has 4 aromatic rings. The van der Waals surface area contributed by atoms with Gasteiger partial charge in [-0.3, -0.25) is 9.97 Å². The molecule has 2 aromatic heterocycles. The molecule has 4 rings (SSSR count). The smallest absolute Gasteiger partial charge is 0.346 e. The molecule has 0 fully saturated rings. The molecule has 0 radical (unpaired) electrons. The van der Waals surface area contributed by atoms with Crippen LogP contribution in [0.1, 0.15) is 32.1 Å².